The zero-order valence-corrected chi connectivity index (χ0v) is 20.0. The maximum absolute atomic E-state index is 11.5. The fourth-order valence-corrected chi connectivity index (χ4v) is 5.08. The Balaban J connectivity index is 0.000000752. The third kappa shape index (κ3) is 8.47. The summed E-state index contributed by atoms with van der Waals surface area (Å²) in [5.41, 5.74) is 0. The van der Waals surface area contributed by atoms with Crippen LogP contribution in [0.3, 0.4) is 0 Å². The number of rotatable bonds is 5. The van der Waals surface area contributed by atoms with Crippen molar-refractivity contribution >= 4 is 10.3 Å². The van der Waals surface area contributed by atoms with Gasteiger partial charge < -0.3 is 4.55 Å². The maximum atomic E-state index is 11.5. The molecule has 1 nitrogen and oxygen atoms in total. The highest BCUT2D eigenvalue weighted by Gasteiger charge is 2.27. The molecule has 3 aromatic carbocycles. The average molecular weight is 413 g/mol. The Hall–Kier alpha value is -2.03. The Morgan fingerprint density at radius 3 is 0.931 bits per heavy atom. The highest BCUT2D eigenvalue weighted by molar-refractivity contribution is 8.29. The molecule has 0 unspecified atom stereocenters. The first-order chi connectivity index (χ1) is 14.2. The van der Waals surface area contributed by atoms with Crippen LogP contribution < -0.4 is 0 Å². The van der Waals surface area contributed by atoms with Gasteiger partial charge in [-0.25, -0.2) is 0 Å². The van der Waals surface area contributed by atoms with E-state index in [1.54, 1.807) is 0 Å². The Labute approximate surface area is 181 Å². The predicted octanol–water partition coefficient (Wildman–Crippen LogP) is 9.69. The third-order valence-electron chi connectivity index (χ3n) is 3.96. The summed E-state index contributed by atoms with van der Waals surface area (Å²) >= 11 is 0. The molecule has 3 rings (SSSR count). The minimum Gasteiger partial charge on any atom is -0.338 e. The molecule has 0 radical (unpaired) electrons. The van der Waals surface area contributed by atoms with Crippen molar-refractivity contribution in [2.45, 2.75) is 75.5 Å². The molecular weight excluding hydrogens is 372 g/mol. The quantitative estimate of drug-likeness (QED) is 0.442. The van der Waals surface area contributed by atoms with Gasteiger partial charge in [-0.3, -0.25) is 0 Å². The Kier molecular flexibility index (Phi) is 15.7. The van der Waals surface area contributed by atoms with Crippen LogP contribution in [-0.2, 0) is 0 Å². The van der Waals surface area contributed by atoms with Crippen LogP contribution in [0.1, 0.15) is 60.8 Å². The van der Waals surface area contributed by atoms with Crippen molar-refractivity contribution in [3.8, 4) is 0 Å². The van der Waals surface area contributed by atoms with E-state index in [-0.39, 0.29) is 0 Å². The Morgan fingerprint density at radius 1 is 0.517 bits per heavy atom. The lowest BCUT2D eigenvalue weighted by molar-refractivity contribution is 0.623. The van der Waals surface area contributed by atoms with Crippen molar-refractivity contribution in [3.05, 3.63) is 91.0 Å². The van der Waals surface area contributed by atoms with Crippen molar-refractivity contribution < 1.29 is 4.55 Å². The van der Waals surface area contributed by atoms with Crippen LogP contribution in [0.2, 0.25) is 0 Å². The van der Waals surface area contributed by atoms with Crippen LogP contribution >= 0.6 is 10.3 Å². The van der Waals surface area contributed by atoms with Gasteiger partial charge in [0.25, 0.3) is 0 Å². The number of hydrogen-bond acceptors (Lipinski definition) is 1. The van der Waals surface area contributed by atoms with Gasteiger partial charge in [-0.15, -0.1) is 0 Å². The number of unbranched alkanes of at least 4 members (excludes halogenated alkanes) is 2. The molecule has 0 spiro atoms. The summed E-state index contributed by atoms with van der Waals surface area (Å²) in [5, 5.41) is 0. The Morgan fingerprint density at radius 2 is 0.759 bits per heavy atom. The highest BCUT2D eigenvalue weighted by atomic mass is 32.3. The van der Waals surface area contributed by atoms with Crippen molar-refractivity contribution in [2.75, 3.05) is 0 Å². The third-order valence-corrected chi connectivity index (χ3v) is 6.82. The van der Waals surface area contributed by atoms with E-state index in [0.29, 0.717) is 0 Å². The summed E-state index contributed by atoms with van der Waals surface area (Å²) in [6, 6.07) is 29.7. The summed E-state index contributed by atoms with van der Waals surface area (Å²) in [6.07, 6.45) is 4.08. The molecule has 0 aliphatic rings. The Bertz CT molecular complexity index is 613. The summed E-state index contributed by atoms with van der Waals surface area (Å²) in [4.78, 5) is 2.87. The topological polar surface area (TPSA) is 20.2 Å². The fourth-order valence-electron chi connectivity index (χ4n) is 2.61. The molecule has 1 N–H and O–H groups in total. The minimum atomic E-state index is -2.18. The normalized spacial score (nSPS) is 10.2. The number of benzene rings is 3. The molecule has 29 heavy (non-hydrogen) atoms. The largest absolute Gasteiger partial charge is 0.338 e. The minimum absolute atomic E-state index is 0.956. The van der Waals surface area contributed by atoms with E-state index >= 15 is 0 Å². The molecule has 2 heteroatoms. The van der Waals surface area contributed by atoms with Gasteiger partial charge in [-0.1, -0.05) is 126 Å². The SMILES string of the molecule is CC.CC.CCCCC.OS(c1ccccc1)(c1ccccc1)c1ccccc1. The first kappa shape index (κ1) is 27.0. The van der Waals surface area contributed by atoms with E-state index in [1.807, 2.05) is 119 Å². The second-order valence-corrected chi connectivity index (χ2v) is 8.45. The van der Waals surface area contributed by atoms with Crippen molar-refractivity contribution in [2.24, 2.45) is 0 Å². The molecule has 0 aromatic heterocycles. The summed E-state index contributed by atoms with van der Waals surface area (Å²) in [7, 11) is -2.18. The molecular formula is C27H40OS. The molecule has 160 valence electrons. The molecule has 3 aromatic rings. The van der Waals surface area contributed by atoms with Crippen molar-refractivity contribution in [3.63, 3.8) is 0 Å². The average Bonchev–Trinajstić information content (AvgIpc) is 2.84. The van der Waals surface area contributed by atoms with Gasteiger partial charge in [0.05, 0.1) is 0 Å². The maximum Gasteiger partial charge on any atom is 0.0213 e. The molecule has 0 aliphatic carbocycles. The molecule has 0 bridgehead atoms. The van der Waals surface area contributed by atoms with Gasteiger partial charge in [-0.2, -0.15) is 0 Å². The van der Waals surface area contributed by atoms with Gasteiger partial charge in [0, 0.05) is 14.7 Å². The summed E-state index contributed by atoms with van der Waals surface area (Å²) in [6.45, 7) is 12.4. The summed E-state index contributed by atoms with van der Waals surface area (Å²) in [5.74, 6) is 0. The molecule has 0 heterocycles. The lowest BCUT2D eigenvalue weighted by Crippen LogP contribution is -2.01. The van der Waals surface area contributed by atoms with E-state index < -0.39 is 10.3 Å². The molecule has 0 atom stereocenters. The van der Waals surface area contributed by atoms with Gasteiger partial charge >= 0.3 is 0 Å². The first-order valence-corrected chi connectivity index (χ1v) is 12.5. The van der Waals surface area contributed by atoms with Crippen LogP contribution in [0, 0.1) is 0 Å². The first-order valence-electron chi connectivity index (χ1n) is 10.9. The zero-order chi connectivity index (χ0) is 22.0. The van der Waals surface area contributed by atoms with E-state index in [0.717, 1.165) is 14.7 Å². The second-order valence-electron chi connectivity index (χ2n) is 5.87. The smallest absolute Gasteiger partial charge is 0.0213 e. The van der Waals surface area contributed by atoms with Crippen LogP contribution in [0.15, 0.2) is 106 Å². The highest BCUT2D eigenvalue weighted by Crippen LogP contribution is 2.64. The molecule has 0 saturated heterocycles. The van der Waals surface area contributed by atoms with E-state index in [2.05, 4.69) is 13.8 Å². The van der Waals surface area contributed by atoms with Crippen LogP contribution in [0.4, 0.5) is 0 Å². The monoisotopic (exact) mass is 412 g/mol. The van der Waals surface area contributed by atoms with Gasteiger partial charge in [0.2, 0.25) is 0 Å². The summed E-state index contributed by atoms with van der Waals surface area (Å²) < 4.78 is 11.5. The lowest BCUT2D eigenvalue weighted by atomic mass is 10.3. The van der Waals surface area contributed by atoms with Crippen LogP contribution in [0.25, 0.3) is 0 Å². The van der Waals surface area contributed by atoms with Crippen LogP contribution in [-0.4, -0.2) is 4.55 Å². The standard InChI is InChI=1S/C18H16OS.C5H12.2C2H6/c19-20(16-10-4-1-5-11-16,17-12-6-2-7-13-17)18-14-8-3-9-15-18;1-3-5-4-2;2*1-2/h1-15,19H;3-5H2,1-2H3;2*1-2H3. The second kappa shape index (κ2) is 16.9. The fraction of sp³-hybridized carbons (Fsp3) is 0.333. The zero-order valence-electron chi connectivity index (χ0n) is 19.1. The predicted molar refractivity (Wildman–Crippen MR) is 132 cm³/mol. The van der Waals surface area contributed by atoms with E-state index in [4.69, 9.17) is 0 Å². The van der Waals surface area contributed by atoms with E-state index in [9.17, 15) is 4.55 Å². The van der Waals surface area contributed by atoms with Crippen molar-refractivity contribution in [1.29, 1.82) is 0 Å². The molecule has 0 fully saturated rings. The molecule has 0 amide bonds. The van der Waals surface area contributed by atoms with Gasteiger partial charge in [-0.05, 0) is 36.4 Å². The molecule has 0 saturated carbocycles. The van der Waals surface area contributed by atoms with E-state index in [1.165, 1.54) is 19.3 Å². The van der Waals surface area contributed by atoms with Gasteiger partial charge in [0.15, 0.2) is 0 Å². The molecule has 0 aliphatic heterocycles. The number of hydrogen-bond donors (Lipinski definition) is 1. The lowest BCUT2D eigenvalue weighted by Gasteiger charge is -2.35. The van der Waals surface area contributed by atoms with Crippen molar-refractivity contribution in [1.82, 2.24) is 0 Å². The van der Waals surface area contributed by atoms with Crippen LogP contribution in [0.5, 0.6) is 0 Å². The van der Waals surface area contributed by atoms with Gasteiger partial charge in [0.1, 0.15) is 0 Å².